The van der Waals surface area contributed by atoms with Crippen LogP contribution in [0.1, 0.15) is 61.9 Å². The summed E-state index contributed by atoms with van der Waals surface area (Å²) in [7, 11) is 0. The van der Waals surface area contributed by atoms with E-state index >= 15 is 0 Å². The maximum atomic E-state index is 12.9. The molecule has 0 radical (unpaired) electrons. The molecule has 2 fully saturated rings. The van der Waals surface area contributed by atoms with Gasteiger partial charge in [-0.1, -0.05) is 18.9 Å². The highest BCUT2D eigenvalue weighted by Crippen LogP contribution is 2.49. The number of pyridine rings is 2. The predicted octanol–water partition coefficient (Wildman–Crippen LogP) is 5.04. The molecule has 0 amide bonds. The molecule has 1 atom stereocenters. The number of hydrogen-bond donors (Lipinski definition) is 1. The van der Waals surface area contributed by atoms with E-state index in [1.54, 1.807) is 6.07 Å². The number of hydrogen-bond acceptors (Lipinski definition) is 4. The zero-order valence-corrected chi connectivity index (χ0v) is 17.0. The Labute approximate surface area is 175 Å². The van der Waals surface area contributed by atoms with Gasteiger partial charge >= 0.3 is 6.18 Å². The van der Waals surface area contributed by atoms with Crippen molar-refractivity contribution in [2.24, 2.45) is 0 Å². The van der Waals surface area contributed by atoms with Gasteiger partial charge in [-0.3, -0.25) is 9.97 Å². The third-order valence-corrected chi connectivity index (χ3v) is 6.60. The largest absolute Gasteiger partial charge is 0.433 e. The summed E-state index contributed by atoms with van der Waals surface area (Å²) in [6.07, 6.45) is 6.03. The second-order valence-corrected chi connectivity index (χ2v) is 8.63. The van der Waals surface area contributed by atoms with Crippen molar-refractivity contribution in [2.75, 3.05) is 13.2 Å². The van der Waals surface area contributed by atoms with Gasteiger partial charge in [0.25, 0.3) is 0 Å². The molecular weight excluding hydrogens is 391 g/mol. The smallest absolute Gasteiger partial charge is 0.375 e. The van der Waals surface area contributed by atoms with Crippen molar-refractivity contribution >= 4 is 0 Å². The SMILES string of the molecule is FC(F)(F)c1cc(CNCCC2(c3ccccn3)CCOC3(CCCC3)C2)ccn1. The van der Waals surface area contributed by atoms with E-state index in [2.05, 4.69) is 21.4 Å². The van der Waals surface area contributed by atoms with Gasteiger partial charge in [0.2, 0.25) is 0 Å². The zero-order valence-electron chi connectivity index (χ0n) is 17.0. The number of halogens is 3. The molecule has 1 aliphatic heterocycles. The average molecular weight is 419 g/mol. The van der Waals surface area contributed by atoms with Crippen LogP contribution in [0.5, 0.6) is 0 Å². The van der Waals surface area contributed by atoms with E-state index in [1.807, 2.05) is 18.3 Å². The molecule has 1 aliphatic carbocycles. The molecule has 0 aromatic carbocycles. The van der Waals surface area contributed by atoms with Crippen LogP contribution in [-0.2, 0) is 22.9 Å². The molecule has 1 spiro atoms. The lowest BCUT2D eigenvalue weighted by Gasteiger charge is -2.46. The highest BCUT2D eigenvalue weighted by molar-refractivity contribution is 5.21. The van der Waals surface area contributed by atoms with Crippen LogP contribution in [0.2, 0.25) is 0 Å². The molecule has 1 saturated heterocycles. The van der Waals surface area contributed by atoms with Gasteiger partial charge in [-0.25, -0.2) is 0 Å². The first-order valence-electron chi connectivity index (χ1n) is 10.7. The molecule has 7 heteroatoms. The Kier molecular flexibility index (Phi) is 6.11. The van der Waals surface area contributed by atoms with Gasteiger partial charge in [0.1, 0.15) is 5.69 Å². The van der Waals surface area contributed by atoms with E-state index < -0.39 is 11.9 Å². The molecule has 1 saturated carbocycles. The lowest BCUT2D eigenvalue weighted by atomic mass is 9.68. The van der Waals surface area contributed by atoms with E-state index in [0.717, 1.165) is 50.5 Å². The van der Waals surface area contributed by atoms with Crippen molar-refractivity contribution in [1.82, 2.24) is 15.3 Å². The predicted molar refractivity (Wildman–Crippen MR) is 108 cm³/mol. The number of nitrogens with zero attached hydrogens (tertiary/aromatic N) is 2. The standard InChI is InChI=1S/C23H28F3N3O/c24-23(25,26)20-15-18(6-12-29-20)16-27-13-9-21(19-5-1-4-11-28-19)10-14-30-22(17-21)7-2-3-8-22/h1,4-6,11-12,15,27H,2-3,7-10,13-14,16-17H2. The molecule has 2 aromatic heterocycles. The van der Waals surface area contributed by atoms with Crippen LogP contribution in [0.3, 0.4) is 0 Å². The second-order valence-electron chi connectivity index (χ2n) is 8.63. The monoisotopic (exact) mass is 419 g/mol. The van der Waals surface area contributed by atoms with Gasteiger partial charge in [-0.2, -0.15) is 13.2 Å². The van der Waals surface area contributed by atoms with Crippen LogP contribution in [0.4, 0.5) is 13.2 Å². The van der Waals surface area contributed by atoms with Gasteiger partial charge in [0.15, 0.2) is 0 Å². The van der Waals surface area contributed by atoms with Crippen LogP contribution in [-0.4, -0.2) is 28.7 Å². The molecule has 0 bridgehead atoms. The van der Waals surface area contributed by atoms with E-state index in [4.69, 9.17) is 4.74 Å². The Morgan fingerprint density at radius 3 is 2.60 bits per heavy atom. The fourth-order valence-electron chi connectivity index (χ4n) is 5.10. The van der Waals surface area contributed by atoms with Crippen molar-refractivity contribution in [2.45, 2.75) is 68.7 Å². The molecule has 1 N–H and O–H groups in total. The molecule has 2 aromatic rings. The molecule has 4 nitrogen and oxygen atoms in total. The number of alkyl halides is 3. The zero-order chi connectivity index (χ0) is 21.1. The third kappa shape index (κ3) is 4.67. The van der Waals surface area contributed by atoms with E-state index in [9.17, 15) is 13.2 Å². The van der Waals surface area contributed by atoms with Crippen LogP contribution in [0.15, 0.2) is 42.7 Å². The summed E-state index contributed by atoms with van der Waals surface area (Å²) in [6, 6.07) is 8.81. The van der Waals surface area contributed by atoms with E-state index in [0.29, 0.717) is 18.7 Å². The Balaban J connectivity index is 1.43. The summed E-state index contributed by atoms with van der Waals surface area (Å²) in [5.74, 6) is 0. The lowest BCUT2D eigenvalue weighted by Crippen LogP contribution is -2.47. The maximum Gasteiger partial charge on any atom is 0.433 e. The van der Waals surface area contributed by atoms with E-state index in [-0.39, 0.29) is 11.0 Å². The van der Waals surface area contributed by atoms with Crippen molar-refractivity contribution in [3.63, 3.8) is 0 Å². The van der Waals surface area contributed by atoms with Gasteiger partial charge in [-0.15, -0.1) is 0 Å². The Morgan fingerprint density at radius 1 is 1.03 bits per heavy atom. The minimum Gasteiger partial charge on any atom is -0.375 e. The summed E-state index contributed by atoms with van der Waals surface area (Å²) in [5.41, 5.74) is 0.738. The second kappa shape index (κ2) is 8.63. The summed E-state index contributed by atoms with van der Waals surface area (Å²) in [4.78, 5) is 8.12. The first-order valence-corrected chi connectivity index (χ1v) is 10.7. The summed E-state index contributed by atoms with van der Waals surface area (Å²) < 4.78 is 44.9. The van der Waals surface area contributed by atoms with Crippen molar-refractivity contribution in [1.29, 1.82) is 0 Å². The Morgan fingerprint density at radius 2 is 1.87 bits per heavy atom. The summed E-state index contributed by atoms with van der Waals surface area (Å²) in [5, 5.41) is 3.34. The molecule has 4 rings (SSSR count). The lowest BCUT2D eigenvalue weighted by molar-refractivity contribution is -0.141. The quantitative estimate of drug-likeness (QED) is 0.667. The van der Waals surface area contributed by atoms with Crippen LogP contribution < -0.4 is 5.32 Å². The number of nitrogens with one attached hydrogen (secondary N) is 1. The van der Waals surface area contributed by atoms with Crippen molar-refractivity contribution in [3.8, 4) is 0 Å². The van der Waals surface area contributed by atoms with E-state index in [1.165, 1.54) is 19.0 Å². The molecule has 1 unspecified atom stereocenters. The van der Waals surface area contributed by atoms with Gasteiger partial charge in [0.05, 0.1) is 5.60 Å². The molecule has 162 valence electrons. The molecule has 30 heavy (non-hydrogen) atoms. The first-order chi connectivity index (χ1) is 14.4. The normalized spacial score (nSPS) is 23.7. The summed E-state index contributed by atoms with van der Waals surface area (Å²) in [6.45, 7) is 1.82. The first kappa shape index (κ1) is 21.2. The Bertz CT molecular complexity index is 837. The molecule has 2 aliphatic rings. The highest BCUT2D eigenvalue weighted by Gasteiger charge is 2.48. The fourth-order valence-corrected chi connectivity index (χ4v) is 5.10. The minimum absolute atomic E-state index is 0.0392. The number of aromatic nitrogens is 2. The van der Waals surface area contributed by atoms with Crippen LogP contribution in [0.25, 0.3) is 0 Å². The molecule has 3 heterocycles. The average Bonchev–Trinajstić information content (AvgIpc) is 3.19. The number of rotatable bonds is 6. The fraction of sp³-hybridized carbons (Fsp3) is 0.565. The Hall–Kier alpha value is -1.99. The van der Waals surface area contributed by atoms with Gasteiger partial charge in [0, 0.05) is 36.7 Å². The minimum atomic E-state index is -4.42. The topological polar surface area (TPSA) is 47.0 Å². The maximum absolute atomic E-state index is 12.9. The third-order valence-electron chi connectivity index (χ3n) is 6.60. The van der Waals surface area contributed by atoms with Gasteiger partial charge < -0.3 is 10.1 Å². The number of ether oxygens (including phenoxy) is 1. The van der Waals surface area contributed by atoms with Crippen molar-refractivity contribution < 1.29 is 17.9 Å². The van der Waals surface area contributed by atoms with Crippen LogP contribution >= 0.6 is 0 Å². The van der Waals surface area contributed by atoms with Gasteiger partial charge in [-0.05, 0) is 68.5 Å². The van der Waals surface area contributed by atoms with Crippen molar-refractivity contribution in [3.05, 3.63) is 59.7 Å². The van der Waals surface area contributed by atoms with Crippen LogP contribution in [0, 0.1) is 0 Å². The highest BCUT2D eigenvalue weighted by atomic mass is 19.4. The summed E-state index contributed by atoms with van der Waals surface area (Å²) >= 11 is 0. The molecular formula is C23H28F3N3O.